The van der Waals surface area contributed by atoms with Crippen LogP contribution in [0.25, 0.3) is 0 Å². The third kappa shape index (κ3) is 27.4. The van der Waals surface area contributed by atoms with Crippen molar-refractivity contribution in [2.24, 2.45) is 5.73 Å². The lowest BCUT2D eigenvalue weighted by atomic mass is 10.1. The zero-order valence-electron chi connectivity index (χ0n) is 22.1. The summed E-state index contributed by atoms with van der Waals surface area (Å²) >= 11 is 0. The maximum absolute atomic E-state index is 6.19. The van der Waals surface area contributed by atoms with Crippen molar-refractivity contribution in [3.63, 3.8) is 0 Å². The molecule has 0 fully saturated rings. The number of hydrogen-bond donors (Lipinski definition) is 1. The second kappa shape index (κ2) is 28.4. The molecular formula is C30H59NO. The number of hydrogen-bond acceptors (Lipinski definition) is 2. The molecule has 0 bridgehead atoms. The summed E-state index contributed by atoms with van der Waals surface area (Å²) in [5.74, 6) is 0. The highest BCUT2D eigenvalue weighted by Crippen LogP contribution is 2.11. The number of allylic oxidation sites excluding steroid dienone is 4. The summed E-state index contributed by atoms with van der Waals surface area (Å²) in [5.41, 5.74) is 6.19. The molecule has 2 heteroatoms. The molecule has 0 radical (unpaired) electrons. The average molecular weight is 450 g/mol. The predicted molar refractivity (Wildman–Crippen MR) is 145 cm³/mol. The molecule has 0 aliphatic rings. The van der Waals surface area contributed by atoms with Gasteiger partial charge in [-0.2, -0.15) is 0 Å². The van der Waals surface area contributed by atoms with E-state index >= 15 is 0 Å². The normalized spacial score (nSPS) is 13.0. The fourth-order valence-corrected chi connectivity index (χ4v) is 4.05. The predicted octanol–water partition coefficient (Wildman–Crippen LogP) is 9.67. The Morgan fingerprint density at radius 2 is 1.03 bits per heavy atom. The highest BCUT2D eigenvalue weighted by Gasteiger charge is 2.02. The minimum Gasteiger partial charge on any atom is -0.380 e. The van der Waals surface area contributed by atoms with E-state index in [0.717, 1.165) is 26.1 Å². The number of rotatable bonds is 26. The molecule has 0 aromatic heterocycles. The van der Waals surface area contributed by atoms with E-state index in [4.69, 9.17) is 10.5 Å². The standard InChI is InChI=1S/C30H59NO/c1-3-5-7-9-11-13-14-15-16-17-18-19-20-22-24-26-28-32-29-30(31)27-25-23-21-12-10-8-6-4-2/h11,13,15-16,30H,3-10,12,14,17-29,31H2,1-2H3/t30-/m1/s1. The highest BCUT2D eigenvalue weighted by atomic mass is 16.5. The fraction of sp³-hybridized carbons (Fsp3) is 0.867. The number of nitrogens with two attached hydrogens (primary N) is 1. The van der Waals surface area contributed by atoms with E-state index in [1.54, 1.807) is 0 Å². The maximum Gasteiger partial charge on any atom is 0.0617 e. The summed E-state index contributed by atoms with van der Waals surface area (Å²) in [6.07, 6.45) is 36.9. The molecule has 0 saturated heterocycles. The van der Waals surface area contributed by atoms with Gasteiger partial charge in [0.2, 0.25) is 0 Å². The van der Waals surface area contributed by atoms with E-state index in [0.29, 0.717) is 0 Å². The van der Waals surface area contributed by atoms with Crippen LogP contribution >= 0.6 is 0 Å². The van der Waals surface area contributed by atoms with Crippen LogP contribution in [0.2, 0.25) is 0 Å². The van der Waals surface area contributed by atoms with Gasteiger partial charge in [-0.3, -0.25) is 0 Å². The summed E-state index contributed by atoms with van der Waals surface area (Å²) in [6, 6.07) is 0.236. The second-order valence-corrected chi connectivity index (χ2v) is 9.68. The Morgan fingerprint density at radius 3 is 1.66 bits per heavy atom. The zero-order chi connectivity index (χ0) is 23.4. The summed E-state index contributed by atoms with van der Waals surface area (Å²) in [6.45, 7) is 6.18. The maximum atomic E-state index is 6.19. The van der Waals surface area contributed by atoms with Gasteiger partial charge < -0.3 is 10.5 Å². The van der Waals surface area contributed by atoms with Gasteiger partial charge in [-0.05, 0) is 44.9 Å². The van der Waals surface area contributed by atoms with E-state index in [1.165, 1.54) is 122 Å². The monoisotopic (exact) mass is 449 g/mol. The third-order valence-electron chi connectivity index (χ3n) is 6.25. The largest absolute Gasteiger partial charge is 0.380 e. The lowest BCUT2D eigenvalue weighted by molar-refractivity contribution is 0.114. The van der Waals surface area contributed by atoms with Crippen LogP contribution in [-0.4, -0.2) is 19.3 Å². The van der Waals surface area contributed by atoms with Crippen molar-refractivity contribution in [3.05, 3.63) is 24.3 Å². The smallest absolute Gasteiger partial charge is 0.0617 e. The summed E-state index contributed by atoms with van der Waals surface area (Å²) in [7, 11) is 0. The van der Waals surface area contributed by atoms with Crippen molar-refractivity contribution in [1.82, 2.24) is 0 Å². The van der Waals surface area contributed by atoms with Gasteiger partial charge in [0.05, 0.1) is 6.61 Å². The van der Waals surface area contributed by atoms with Gasteiger partial charge in [-0.25, -0.2) is 0 Å². The van der Waals surface area contributed by atoms with Crippen LogP contribution in [0.4, 0.5) is 0 Å². The number of ether oxygens (including phenoxy) is 1. The van der Waals surface area contributed by atoms with Crippen molar-refractivity contribution < 1.29 is 4.74 Å². The Hall–Kier alpha value is -0.600. The molecule has 0 heterocycles. The zero-order valence-corrected chi connectivity index (χ0v) is 22.1. The van der Waals surface area contributed by atoms with E-state index in [2.05, 4.69) is 38.2 Å². The molecule has 190 valence electrons. The first-order valence-electron chi connectivity index (χ1n) is 14.4. The lowest BCUT2D eigenvalue weighted by Gasteiger charge is -2.12. The topological polar surface area (TPSA) is 35.2 Å². The quantitative estimate of drug-likeness (QED) is 0.105. The number of unbranched alkanes of at least 4 members (excludes halogenated alkanes) is 16. The van der Waals surface area contributed by atoms with Crippen LogP contribution in [0, 0.1) is 0 Å². The van der Waals surface area contributed by atoms with Gasteiger partial charge >= 0.3 is 0 Å². The lowest BCUT2D eigenvalue weighted by Crippen LogP contribution is -2.26. The third-order valence-corrected chi connectivity index (χ3v) is 6.25. The van der Waals surface area contributed by atoms with Crippen LogP contribution in [-0.2, 0) is 4.74 Å². The van der Waals surface area contributed by atoms with Gasteiger partial charge in [0.25, 0.3) is 0 Å². The Bertz CT molecular complexity index is 390. The first-order chi connectivity index (χ1) is 15.8. The molecule has 1 atom stereocenters. The highest BCUT2D eigenvalue weighted by molar-refractivity contribution is 4.92. The minimum absolute atomic E-state index is 0.236. The molecule has 0 amide bonds. The van der Waals surface area contributed by atoms with Gasteiger partial charge in [-0.15, -0.1) is 0 Å². The molecule has 0 rings (SSSR count). The molecule has 0 unspecified atom stereocenters. The second-order valence-electron chi connectivity index (χ2n) is 9.68. The van der Waals surface area contributed by atoms with Gasteiger partial charge in [0, 0.05) is 12.6 Å². The van der Waals surface area contributed by atoms with Crippen LogP contribution in [0.1, 0.15) is 149 Å². The molecule has 0 aliphatic heterocycles. The molecule has 2 N–H and O–H groups in total. The van der Waals surface area contributed by atoms with Crippen LogP contribution in [0.5, 0.6) is 0 Å². The average Bonchev–Trinajstić information content (AvgIpc) is 2.80. The fourth-order valence-electron chi connectivity index (χ4n) is 4.05. The van der Waals surface area contributed by atoms with Crippen molar-refractivity contribution in [2.75, 3.05) is 13.2 Å². The minimum atomic E-state index is 0.236. The first kappa shape index (κ1) is 31.4. The molecule has 2 nitrogen and oxygen atoms in total. The van der Waals surface area contributed by atoms with Gasteiger partial charge in [0.1, 0.15) is 0 Å². The molecule has 0 aromatic carbocycles. The molecule has 0 aliphatic carbocycles. The van der Waals surface area contributed by atoms with Crippen LogP contribution in [0.15, 0.2) is 24.3 Å². The van der Waals surface area contributed by atoms with Crippen molar-refractivity contribution >= 4 is 0 Å². The summed E-state index contributed by atoms with van der Waals surface area (Å²) in [4.78, 5) is 0. The first-order valence-corrected chi connectivity index (χ1v) is 14.4. The molecule has 0 saturated carbocycles. The molecular weight excluding hydrogens is 390 g/mol. The van der Waals surface area contributed by atoms with Crippen molar-refractivity contribution in [3.8, 4) is 0 Å². The van der Waals surface area contributed by atoms with Crippen molar-refractivity contribution in [1.29, 1.82) is 0 Å². The Balaban J connectivity index is 3.21. The Morgan fingerprint density at radius 1 is 0.562 bits per heavy atom. The Labute approximate surface area is 202 Å². The van der Waals surface area contributed by atoms with Crippen LogP contribution in [0.3, 0.4) is 0 Å². The summed E-state index contributed by atoms with van der Waals surface area (Å²) in [5, 5.41) is 0. The van der Waals surface area contributed by atoms with Gasteiger partial charge in [-0.1, -0.05) is 128 Å². The molecule has 0 aromatic rings. The SMILES string of the molecule is CCCCCC=CCC=CCCCCCCCCOC[C@H](N)CCCCCCCCCC. The van der Waals surface area contributed by atoms with E-state index in [1.807, 2.05) is 0 Å². The van der Waals surface area contributed by atoms with Gasteiger partial charge in [0.15, 0.2) is 0 Å². The van der Waals surface area contributed by atoms with E-state index < -0.39 is 0 Å². The van der Waals surface area contributed by atoms with Crippen LogP contribution < -0.4 is 5.73 Å². The Kier molecular flexibility index (Phi) is 27.9. The molecule has 32 heavy (non-hydrogen) atoms. The van der Waals surface area contributed by atoms with E-state index in [-0.39, 0.29) is 6.04 Å². The molecule has 0 spiro atoms. The van der Waals surface area contributed by atoms with E-state index in [9.17, 15) is 0 Å². The van der Waals surface area contributed by atoms with Crippen molar-refractivity contribution in [2.45, 2.75) is 155 Å². The summed E-state index contributed by atoms with van der Waals surface area (Å²) < 4.78 is 5.80.